The topological polar surface area (TPSA) is 50.7 Å². The van der Waals surface area contributed by atoms with Gasteiger partial charge in [0.25, 0.3) is 0 Å². The lowest BCUT2D eigenvalue weighted by Crippen LogP contribution is -2.25. The zero-order valence-electron chi connectivity index (χ0n) is 12.3. The van der Waals surface area contributed by atoms with Gasteiger partial charge in [0.1, 0.15) is 5.82 Å². The van der Waals surface area contributed by atoms with Crippen LogP contribution in [0.25, 0.3) is 0 Å². The third-order valence-electron chi connectivity index (χ3n) is 3.78. The van der Waals surface area contributed by atoms with E-state index in [1.54, 1.807) is 18.2 Å². The minimum Gasteiger partial charge on any atom is -0.454 e. The van der Waals surface area contributed by atoms with Crippen molar-refractivity contribution in [3.63, 3.8) is 0 Å². The van der Waals surface area contributed by atoms with Crippen LogP contribution in [0.15, 0.2) is 42.5 Å². The summed E-state index contributed by atoms with van der Waals surface area (Å²) in [6.07, 6.45) is -0.891. The lowest BCUT2D eigenvalue weighted by atomic mass is 10.1. The van der Waals surface area contributed by atoms with E-state index in [-0.39, 0.29) is 19.4 Å². The van der Waals surface area contributed by atoms with Crippen LogP contribution >= 0.6 is 0 Å². The molecule has 0 saturated heterocycles. The van der Waals surface area contributed by atoms with E-state index in [0.717, 1.165) is 17.1 Å². The highest BCUT2D eigenvalue weighted by Gasteiger charge is 2.17. The van der Waals surface area contributed by atoms with Gasteiger partial charge in [0.05, 0.1) is 6.10 Å². The summed E-state index contributed by atoms with van der Waals surface area (Å²) in [6.45, 7) is 2.48. The normalized spacial score (nSPS) is 15.6. The van der Waals surface area contributed by atoms with Crippen molar-refractivity contribution in [1.29, 1.82) is 0 Å². The lowest BCUT2D eigenvalue weighted by Gasteiger charge is -2.18. The summed E-state index contributed by atoms with van der Waals surface area (Å²) in [7, 11) is 0. The fourth-order valence-corrected chi connectivity index (χ4v) is 2.44. The maximum Gasteiger partial charge on any atom is 0.231 e. The van der Waals surface area contributed by atoms with Gasteiger partial charge >= 0.3 is 0 Å². The van der Waals surface area contributed by atoms with Gasteiger partial charge in [-0.1, -0.05) is 24.3 Å². The smallest absolute Gasteiger partial charge is 0.231 e. The van der Waals surface area contributed by atoms with Crippen molar-refractivity contribution < 1.29 is 19.0 Å². The van der Waals surface area contributed by atoms with E-state index in [4.69, 9.17) is 9.47 Å². The second-order valence-corrected chi connectivity index (χ2v) is 5.28. The highest BCUT2D eigenvalue weighted by atomic mass is 19.1. The van der Waals surface area contributed by atoms with Crippen LogP contribution in [0.1, 0.15) is 30.2 Å². The number of nitrogens with one attached hydrogen (secondary N) is 1. The molecule has 4 nitrogen and oxygen atoms in total. The highest BCUT2D eigenvalue weighted by Crippen LogP contribution is 2.34. The number of aliphatic hydroxyl groups is 1. The Bertz CT molecular complexity index is 662. The standard InChI is InChI=1S/C17H18FNO3/c1-11(12-6-7-16-17(8-12)22-10-21-16)19-9-15(20)13-4-2-3-5-14(13)18/h2-8,11,15,19-20H,9-10H2,1H3. The molecule has 0 aliphatic carbocycles. The van der Waals surface area contributed by atoms with Crippen molar-refractivity contribution in [3.8, 4) is 11.5 Å². The molecule has 2 aromatic rings. The first-order chi connectivity index (χ1) is 10.6. The molecule has 2 atom stereocenters. The Morgan fingerprint density at radius 1 is 1.18 bits per heavy atom. The van der Waals surface area contributed by atoms with Crippen LogP contribution in [0.5, 0.6) is 11.5 Å². The molecule has 3 rings (SSSR count). The molecule has 2 unspecified atom stereocenters. The van der Waals surface area contributed by atoms with Gasteiger partial charge in [-0.05, 0) is 30.7 Å². The van der Waals surface area contributed by atoms with E-state index in [1.807, 2.05) is 25.1 Å². The van der Waals surface area contributed by atoms with Gasteiger partial charge in [0.15, 0.2) is 11.5 Å². The molecule has 0 amide bonds. The Morgan fingerprint density at radius 3 is 2.77 bits per heavy atom. The SMILES string of the molecule is CC(NCC(O)c1ccccc1F)c1ccc2c(c1)OCO2. The molecule has 22 heavy (non-hydrogen) atoms. The first-order valence-corrected chi connectivity index (χ1v) is 7.20. The van der Waals surface area contributed by atoms with Crippen molar-refractivity contribution >= 4 is 0 Å². The Labute approximate surface area is 128 Å². The molecule has 5 heteroatoms. The number of benzene rings is 2. The Hall–Kier alpha value is -2.11. The highest BCUT2D eigenvalue weighted by molar-refractivity contribution is 5.45. The third kappa shape index (κ3) is 3.05. The molecule has 0 saturated carbocycles. The molecule has 1 aliphatic heterocycles. The van der Waals surface area contributed by atoms with E-state index < -0.39 is 11.9 Å². The molecular weight excluding hydrogens is 285 g/mol. The summed E-state index contributed by atoms with van der Waals surface area (Å²) in [6, 6.07) is 12.0. The molecule has 2 aromatic carbocycles. The van der Waals surface area contributed by atoms with Gasteiger partial charge in [-0.25, -0.2) is 4.39 Å². The summed E-state index contributed by atoms with van der Waals surface area (Å²) < 4.78 is 24.2. The molecule has 0 radical (unpaired) electrons. The molecule has 0 spiro atoms. The van der Waals surface area contributed by atoms with Crippen molar-refractivity contribution in [2.24, 2.45) is 0 Å². The van der Waals surface area contributed by atoms with Gasteiger partial charge in [-0.2, -0.15) is 0 Å². The minimum atomic E-state index is -0.891. The van der Waals surface area contributed by atoms with Crippen molar-refractivity contribution in [3.05, 3.63) is 59.4 Å². The van der Waals surface area contributed by atoms with E-state index in [2.05, 4.69) is 5.32 Å². The number of hydrogen-bond acceptors (Lipinski definition) is 4. The minimum absolute atomic E-state index is 0.00377. The number of fused-ring (bicyclic) bond motifs is 1. The largest absolute Gasteiger partial charge is 0.454 e. The number of halogens is 1. The van der Waals surface area contributed by atoms with Crippen LogP contribution in [0, 0.1) is 5.82 Å². The van der Waals surface area contributed by atoms with Crippen LogP contribution in [0.2, 0.25) is 0 Å². The first kappa shape index (κ1) is 14.8. The summed E-state index contributed by atoms with van der Waals surface area (Å²) in [5.74, 6) is 1.07. The van der Waals surface area contributed by atoms with Crippen LogP contribution in [-0.2, 0) is 0 Å². The summed E-state index contributed by atoms with van der Waals surface area (Å²) in [5, 5.41) is 13.3. The molecule has 0 aromatic heterocycles. The number of hydrogen-bond donors (Lipinski definition) is 2. The van der Waals surface area contributed by atoms with Crippen molar-refractivity contribution in [2.45, 2.75) is 19.1 Å². The Kier molecular flexibility index (Phi) is 4.27. The molecule has 2 N–H and O–H groups in total. The average molecular weight is 303 g/mol. The van der Waals surface area contributed by atoms with Gasteiger partial charge in [-0.15, -0.1) is 0 Å². The van der Waals surface area contributed by atoms with Crippen LogP contribution < -0.4 is 14.8 Å². The van der Waals surface area contributed by atoms with E-state index in [0.29, 0.717) is 5.56 Å². The van der Waals surface area contributed by atoms with Crippen molar-refractivity contribution in [1.82, 2.24) is 5.32 Å². The maximum absolute atomic E-state index is 13.6. The van der Waals surface area contributed by atoms with Gasteiger partial charge in [-0.3, -0.25) is 0 Å². The van der Waals surface area contributed by atoms with Gasteiger partial charge < -0.3 is 19.9 Å². The second-order valence-electron chi connectivity index (χ2n) is 5.28. The Morgan fingerprint density at radius 2 is 1.95 bits per heavy atom. The predicted molar refractivity (Wildman–Crippen MR) is 80.3 cm³/mol. The van der Waals surface area contributed by atoms with Gasteiger partial charge in [0.2, 0.25) is 6.79 Å². The zero-order valence-corrected chi connectivity index (χ0v) is 12.3. The molecular formula is C17H18FNO3. The Balaban J connectivity index is 1.62. The fourth-order valence-electron chi connectivity index (χ4n) is 2.44. The molecule has 0 fully saturated rings. The average Bonchev–Trinajstić information content (AvgIpc) is 3.00. The number of ether oxygens (including phenoxy) is 2. The second kappa shape index (κ2) is 6.34. The van der Waals surface area contributed by atoms with E-state index in [9.17, 15) is 9.50 Å². The summed E-state index contributed by atoms with van der Waals surface area (Å²) in [5.41, 5.74) is 1.32. The summed E-state index contributed by atoms with van der Waals surface area (Å²) >= 11 is 0. The van der Waals surface area contributed by atoms with Crippen LogP contribution in [-0.4, -0.2) is 18.4 Å². The maximum atomic E-state index is 13.6. The van der Waals surface area contributed by atoms with Crippen LogP contribution in [0.4, 0.5) is 4.39 Å². The monoisotopic (exact) mass is 303 g/mol. The van der Waals surface area contributed by atoms with Crippen molar-refractivity contribution in [2.75, 3.05) is 13.3 Å². The fraction of sp³-hybridized carbons (Fsp3) is 0.294. The van der Waals surface area contributed by atoms with E-state index in [1.165, 1.54) is 6.07 Å². The van der Waals surface area contributed by atoms with E-state index >= 15 is 0 Å². The molecule has 116 valence electrons. The lowest BCUT2D eigenvalue weighted by molar-refractivity contribution is 0.166. The summed E-state index contributed by atoms with van der Waals surface area (Å²) in [4.78, 5) is 0. The quantitative estimate of drug-likeness (QED) is 0.891. The first-order valence-electron chi connectivity index (χ1n) is 7.20. The number of rotatable bonds is 5. The van der Waals surface area contributed by atoms with Crippen LogP contribution in [0.3, 0.4) is 0 Å². The predicted octanol–water partition coefficient (Wildman–Crippen LogP) is 2.94. The third-order valence-corrected chi connectivity index (χ3v) is 3.78. The van der Waals surface area contributed by atoms with Gasteiger partial charge in [0, 0.05) is 18.2 Å². The molecule has 1 aliphatic rings. The zero-order chi connectivity index (χ0) is 15.5. The molecule has 1 heterocycles. The number of aliphatic hydroxyl groups excluding tert-OH is 1. The molecule has 0 bridgehead atoms.